The molecule has 1 aromatic carbocycles. The van der Waals surface area contributed by atoms with Crippen LogP contribution in [-0.4, -0.2) is 31.3 Å². The number of rotatable bonds is 6. The lowest BCUT2D eigenvalue weighted by molar-refractivity contribution is 0.102. The van der Waals surface area contributed by atoms with Crippen molar-refractivity contribution in [2.75, 3.05) is 5.75 Å². The zero-order valence-corrected chi connectivity index (χ0v) is 18.2. The van der Waals surface area contributed by atoms with Gasteiger partial charge < -0.3 is 10.2 Å². The van der Waals surface area contributed by atoms with E-state index < -0.39 is 0 Å². The number of phenols is 2. The van der Waals surface area contributed by atoms with Gasteiger partial charge in [-0.1, -0.05) is 24.8 Å². The molecule has 2 aromatic heterocycles. The van der Waals surface area contributed by atoms with Crippen molar-refractivity contribution < 1.29 is 15.0 Å². The smallest absolute Gasteiger partial charge is 0.263 e. The molecule has 0 saturated heterocycles. The molecule has 156 valence electrons. The first kappa shape index (κ1) is 20.7. The van der Waals surface area contributed by atoms with Crippen LogP contribution in [0.3, 0.4) is 0 Å². The molecule has 2 N–H and O–H groups in total. The maximum Gasteiger partial charge on any atom is 0.263 e. The van der Waals surface area contributed by atoms with E-state index in [1.165, 1.54) is 34.8 Å². The average Bonchev–Trinajstić information content (AvgIpc) is 3.08. The zero-order chi connectivity index (χ0) is 21.4. The number of thiophene rings is 1. The van der Waals surface area contributed by atoms with Gasteiger partial charge in [-0.2, -0.15) is 0 Å². The normalized spacial score (nSPS) is 15.8. The number of thioether (sulfide) groups is 1. The predicted octanol–water partition coefficient (Wildman–Crippen LogP) is 4.16. The third kappa shape index (κ3) is 3.77. The highest BCUT2D eigenvalue weighted by atomic mass is 32.2. The van der Waals surface area contributed by atoms with Crippen LogP contribution in [0, 0.1) is 5.92 Å². The largest absolute Gasteiger partial charge is 0.504 e. The number of hydrogen-bond acceptors (Lipinski definition) is 7. The van der Waals surface area contributed by atoms with Crippen molar-refractivity contribution >= 4 is 39.1 Å². The van der Waals surface area contributed by atoms with Crippen molar-refractivity contribution in [3.8, 4) is 11.5 Å². The molecule has 30 heavy (non-hydrogen) atoms. The number of phenolic OH excluding ortho intramolecular Hbond substituents is 2. The Bertz CT molecular complexity index is 1210. The Kier molecular flexibility index (Phi) is 5.71. The van der Waals surface area contributed by atoms with E-state index in [0.717, 1.165) is 29.7 Å². The van der Waals surface area contributed by atoms with E-state index >= 15 is 0 Å². The number of ketones is 1. The summed E-state index contributed by atoms with van der Waals surface area (Å²) in [5, 5.41) is 20.2. The van der Waals surface area contributed by atoms with Crippen LogP contribution in [0.2, 0.25) is 0 Å². The van der Waals surface area contributed by atoms with Gasteiger partial charge in [0, 0.05) is 17.0 Å². The summed E-state index contributed by atoms with van der Waals surface area (Å²) in [5.74, 6) is -0.181. The van der Waals surface area contributed by atoms with E-state index in [1.54, 1.807) is 22.0 Å². The van der Waals surface area contributed by atoms with Gasteiger partial charge in [-0.15, -0.1) is 17.9 Å². The number of hydrogen-bond donors (Lipinski definition) is 2. The average molecular weight is 443 g/mol. The SMILES string of the molecule is C=CCn1c(SCC(=O)c2ccc(O)c(O)c2)nc2sc3c(c2c1=O)CC[C@@H](C)C3. The van der Waals surface area contributed by atoms with Crippen LogP contribution in [-0.2, 0) is 19.4 Å². The number of carbonyl (C=O) groups is 1. The first-order valence-corrected chi connectivity index (χ1v) is 11.5. The number of allylic oxidation sites excluding steroid dienone is 1. The van der Waals surface area contributed by atoms with Gasteiger partial charge in [-0.25, -0.2) is 4.98 Å². The number of aromatic hydroxyl groups is 2. The fraction of sp³-hybridized carbons (Fsp3) is 0.318. The Labute approximate surface area is 181 Å². The molecular formula is C22H22N2O4S2. The molecule has 0 bridgehead atoms. The van der Waals surface area contributed by atoms with Gasteiger partial charge >= 0.3 is 0 Å². The van der Waals surface area contributed by atoms with E-state index in [2.05, 4.69) is 13.5 Å². The molecule has 8 heteroatoms. The molecule has 1 aliphatic rings. The zero-order valence-electron chi connectivity index (χ0n) is 16.6. The molecule has 1 aliphatic carbocycles. The lowest BCUT2D eigenvalue weighted by Crippen LogP contribution is -2.24. The monoisotopic (exact) mass is 442 g/mol. The van der Waals surface area contributed by atoms with Crippen LogP contribution in [0.4, 0.5) is 0 Å². The highest BCUT2D eigenvalue weighted by Crippen LogP contribution is 2.36. The van der Waals surface area contributed by atoms with Crippen molar-refractivity contribution in [3.05, 3.63) is 57.2 Å². The first-order valence-electron chi connectivity index (χ1n) is 9.73. The number of nitrogens with zero attached hydrogens (tertiary/aromatic N) is 2. The van der Waals surface area contributed by atoms with Gasteiger partial charge in [-0.3, -0.25) is 14.2 Å². The number of aryl methyl sites for hydroxylation is 1. The molecule has 0 unspecified atom stereocenters. The Morgan fingerprint density at radius 2 is 2.20 bits per heavy atom. The van der Waals surface area contributed by atoms with E-state index in [-0.39, 0.29) is 34.2 Å². The fourth-order valence-corrected chi connectivity index (χ4v) is 6.04. The fourth-order valence-electron chi connectivity index (χ4n) is 3.72. The molecule has 0 radical (unpaired) electrons. The predicted molar refractivity (Wildman–Crippen MR) is 120 cm³/mol. The molecule has 4 rings (SSSR count). The van der Waals surface area contributed by atoms with Gasteiger partial charge in [0.15, 0.2) is 22.4 Å². The first-order chi connectivity index (χ1) is 14.4. The van der Waals surface area contributed by atoms with Crippen molar-refractivity contribution in [3.63, 3.8) is 0 Å². The van der Waals surface area contributed by atoms with E-state index in [1.807, 2.05) is 0 Å². The molecule has 6 nitrogen and oxygen atoms in total. The van der Waals surface area contributed by atoms with Crippen molar-refractivity contribution in [2.45, 2.75) is 37.9 Å². The number of fused-ring (bicyclic) bond motifs is 3. The number of aromatic nitrogens is 2. The standard InChI is InChI=1S/C22H22N2O4S2/c1-3-8-24-21(28)19-14-6-4-12(2)9-18(14)30-20(19)23-22(24)29-11-17(27)13-5-7-15(25)16(26)10-13/h3,5,7,10,12,25-26H,1,4,6,8-9,11H2,2H3/t12-/m1/s1. The third-order valence-corrected chi connectivity index (χ3v) is 7.45. The van der Waals surface area contributed by atoms with E-state index in [9.17, 15) is 19.8 Å². The maximum atomic E-state index is 13.3. The number of carbonyl (C=O) groups excluding carboxylic acids is 1. The van der Waals surface area contributed by atoms with Gasteiger partial charge in [0.2, 0.25) is 0 Å². The maximum absolute atomic E-state index is 13.3. The second-order valence-corrected chi connectivity index (χ2v) is 9.57. The molecule has 3 aromatic rings. The Hall–Kier alpha value is -2.58. The second-order valence-electron chi connectivity index (χ2n) is 7.55. The molecule has 0 amide bonds. The summed E-state index contributed by atoms with van der Waals surface area (Å²) < 4.78 is 1.58. The summed E-state index contributed by atoms with van der Waals surface area (Å²) in [6.07, 6.45) is 4.60. The summed E-state index contributed by atoms with van der Waals surface area (Å²) in [4.78, 5) is 32.5. The Morgan fingerprint density at radius 3 is 2.93 bits per heavy atom. The summed E-state index contributed by atoms with van der Waals surface area (Å²) in [6, 6.07) is 3.97. The van der Waals surface area contributed by atoms with Crippen molar-refractivity contribution in [2.24, 2.45) is 5.92 Å². The highest BCUT2D eigenvalue weighted by molar-refractivity contribution is 7.99. The summed E-state index contributed by atoms with van der Waals surface area (Å²) >= 11 is 2.78. The summed E-state index contributed by atoms with van der Waals surface area (Å²) in [7, 11) is 0. The molecule has 1 atom stereocenters. The minimum absolute atomic E-state index is 0.0570. The van der Waals surface area contributed by atoms with Gasteiger partial charge in [0.25, 0.3) is 5.56 Å². The Balaban J connectivity index is 1.68. The van der Waals surface area contributed by atoms with Gasteiger partial charge in [-0.05, 0) is 48.9 Å². The number of benzene rings is 1. The van der Waals surface area contributed by atoms with E-state index in [0.29, 0.717) is 23.0 Å². The topological polar surface area (TPSA) is 92.4 Å². The lowest BCUT2D eigenvalue weighted by Gasteiger charge is -2.17. The van der Waals surface area contributed by atoms with Gasteiger partial charge in [0.05, 0.1) is 11.1 Å². The highest BCUT2D eigenvalue weighted by Gasteiger charge is 2.24. The molecule has 0 spiro atoms. The minimum atomic E-state index is -0.340. The summed E-state index contributed by atoms with van der Waals surface area (Å²) in [5.41, 5.74) is 1.34. The van der Waals surface area contributed by atoms with E-state index in [4.69, 9.17) is 4.98 Å². The second kappa shape index (κ2) is 8.28. The van der Waals surface area contributed by atoms with Crippen LogP contribution in [0.5, 0.6) is 11.5 Å². The van der Waals surface area contributed by atoms with Crippen LogP contribution in [0.15, 0.2) is 40.8 Å². The lowest BCUT2D eigenvalue weighted by atomic mass is 9.89. The number of Topliss-reactive ketones (excluding diaryl/α,β-unsaturated/α-hetero) is 1. The minimum Gasteiger partial charge on any atom is -0.504 e. The molecule has 0 aliphatic heterocycles. The van der Waals surface area contributed by atoms with Crippen LogP contribution < -0.4 is 5.56 Å². The van der Waals surface area contributed by atoms with Gasteiger partial charge in [0.1, 0.15) is 4.83 Å². The van der Waals surface area contributed by atoms with Crippen LogP contribution in [0.25, 0.3) is 10.2 Å². The summed E-state index contributed by atoms with van der Waals surface area (Å²) in [6.45, 7) is 6.30. The van der Waals surface area contributed by atoms with Crippen molar-refractivity contribution in [1.29, 1.82) is 0 Å². The molecule has 0 saturated carbocycles. The van der Waals surface area contributed by atoms with Crippen molar-refractivity contribution in [1.82, 2.24) is 9.55 Å². The van der Waals surface area contributed by atoms with Crippen LogP contribution in [0.1, 0.15) is 34.1 Å². The molecule has 0 fully saturated rings. The molecular weight excluding hydrogens is 420 g/mol. The molecule has 2 heterocycles. The van der Waals surface area contributed by atoms with Crippen LogP contribution >= 0.6 is 23.1 Å². The third-order valence-electron chi connectivity index (χ3n) is 5.32. The Morgan fingerprint density at radius 1 is 1.40 bits per heavy atom. The quantitative estimate of drug-likeness (QED) is 0.196.